The number of esters is 1. The molecule has 1 N–H and O–H groups in total. The maximum Gasteiger partial charge on any atom is 0.338 e. The molecule has 154 valence electrons. The number of carbonyl (C=O) groups is 4. The van der Waals surface area contributed by atoms with Crippen molar-refractivity contribution in [2.75, 3.05) is 18.5 Å². The van der Waals surface area contributed by atoms with E-state index in [1.165, 1.54) is 0 Å². The van der Waals surface area contributed by atoms with Crippen LogP contribution in [0.2, 0.25) is 0 Å². The second-order valence-electron chi connectivity index (χ2n) is 6.34. The molecule has 7 nitrogen and oxygen atoms in total. The van der Waals surface area contributed by atoms with E-state index in [2.05, 4.69) is 5.32 Å². The van der Waals surface area contributed by atoms with Gasteiger partial charge >= 0.3 is 5.97 Å². The molecule has 0 aliphatic carbocycles. The Kier molecular flexibility index (Phi) is 7.03. The SMILES string of the molecule is CCOC(=O)c1ccc(NC(=O)CCN2C(=O)SC(=Cc3ccccc3)C2=O)cc1. The van der Waals surface area contributed by atoms with E-state index < -0.39 is 17.1 Å². The molecule has 3 rings (SSSR count). The molecular formula is C22H20N2O5S. The Balaban J connectivity index is 1.54. The van der Waals surface area contributed by atoms with Gasteiger partial charge in [0, 0.05) is 18.7 Å². The Morgan fingerprint density at radius 3 is 2.43 bits per heavy atom. The summed E-state index contributed by atoms with van der Waals surface area (Å²) in [6.07, 6.45) is 1.63. The minimum absolute atomic E-state index is 0.0104. The molecule has 1 fully saturated rings. The van der Waals surface area contributed by atoms with Crippen LogP contribution in [0, 0.1) is 0 Å². The van der Waals surface area contributed by atoms with Crippen molar-refractivity contribution in [3.8, 4) is 0 Å². The van der Waals surface area contributed by atoms with Gasteiger partial charge in [-0.2, -0.15) is 0 Å². The van der Waals surface area contributed by atoms with E-state index in [-0.39, 0.29) is 25.5 Å². The third kappa shape index (κ3) is 5.36. The molecule has 0 unspecified atom stereocenters. The van der Waals surface area contributed by atoms with Gasteiger partial charge in [0.1, 0.15) is 0 Å². The molecule has 1 saturated heterocycles. The Hall–Kier alpha value is -3.39. The number of carbonyl (C=O) groups excluding carboxylic acids is 4. The van der Waals surface area contributed by atoms with Crippen LogP contribution in [0.1, 0.15) is 29.3 Å². The van der Waals surface area contributed by atoms with E-state index >= 15 is 0 Å². The summed E-state index contributed by atoms with van der Waals surface area (Å²) in [6.45, 7) is 2.00. The highest BCUT2D eigenvalue weighted by Gasteiger charge is 2.35. The number of hydrogen-bond donors (Lipinski definition) is 1. The van der Waals surface area contributed by atoms with Crippen molar-refractivity contribution >= 4 is 46.5 Å². The fourth-order valence-electron chi connectivity index (χ4n) is 2.73. The second kappa shape index (κ2) is 9.89. The topological polar surface area (TPSA) is 92.8 Å². The van der Waals surface area contributed by atoms with Gasteiger partial charge in [-0.15, -0.1) is 0 Å². The molecule has 0 spiro atoms. The van der Waals surface area contributed by atoms with Crippen LogP contribution in [0.3, 0.4) is 0 Å². The number of benzene rings is 2. The van der Waals surface area contributed by atoms with Gasteiger partial charge in [0.2, 0.25) is 5.91 Å². The molecule has 2 aromatic rings. The predicted molar refractivity (Wildman–Crippen MR) is 115 cm³/mol. The molecule has 0 saturated carbocycles. The number of anilines is 1. The van der Waals surface area contributed by atoms with E-state index in [9.17, 15) is 19.2 Å². The highest BCUT2D eigenvalue weighted by Crippen LogP contribution is 2.32. The van der Waals surface area contributed by atoms with E-state index in [0.29, 0.717) is 16.2 Å². The molecular weight excluding hydrogens is 404 g/mol. The molecule has 0 bridgehead atoms. The molecule has 0 radical (unpaired) electrons. The highest BCUT2D eigenvalue weighted by molar-refractivity contribution is 8.18. The Morgan fingerprint density at radius 2 is 1.77 bits per heavy atom. The van der Waals surface area contributed by atoms with Gasteiger partial charge in [0.05, 0.1) is 17.1 Å². The molecule has 0 aromatic heterocycles. The van der Waals surface area contributed by atoms with Crippen molar-refractivity contribution in [1.29, 1.82) is 0 Å². The first kappa shape index (κ1) is 21.3. The van der Waals surface area contributed by atoms with E-state index in [4.69, 9.17) is 4.74 Å². The number of nitrogens with zero attached hydrogens (tertiary/aromatic N) is 1. The fourth-order valence-corrected chi connectivity index (χ4v) is 3.60. The lowest BCUT2D eigenvalue weighted by atomic mass is 10.2. The van der Waals surface area contributed by atoms with Crippen molar-refractivity contribution in [3.63, 3.8) is 0 Å². The van der Waals surface area contributed by atoms with Crippen LogP contribution >= 0.6 is 11.8 Å². The number of rotatable bonds is 7. The summed E-state index contributed by atoms with van der Waals surface area (Å²) >= 11 is 0.864. The second-order valence-corrected chi connectivity index (χ2v) is 7.33. The maximum atomic E-state index is 12.5. The third-order valence-electron chi connectivity index (χ3n) is 4.21. The van der Waals surface area contributed by atoms with Crippen LogP contribution in [0.15, 0.2) is 59.5 Å². The number of nitrogens with one attached hydrogen (secondary N) is 1. The van der Waals surface area contributed by atoms with Crippen LogP contribution in [-0.2, 0) is 14.3 Å². The average Bonchev–Trinajstić information content (AvgIpc) is 3.00. The molecule has 0 atom stereocenters. The highest BCUT2D eigenvalue weighted by atomic mass is 32.2. The summed E-state index contributed by atoms with van der Waals surface area (Å²) in [6, 6.07) is 15.5. The first-order valence-electron chi connectivity index (χ1n) is 9.35. The summed E-state index contributed by atoms with van der Waals surface area (Å²) in [5.74, 6) is -1.18. The van der Waals surface area contributed by atoms with E-state index in [1.807, 2.05) is 30.3 Å². The van der Waals surface area contributed by atoms with Gasteiger partial charge in [0.25, 0.3) is 11.1 Å². The lowest BCUT2D eigenvalue weighted by Gasteiger charge is -2.12. The molecule has 8 heteroatoms. The zero-order chi connectivity index (χ0) is 21.5. The smallest absolute Gasteiger partial charge is 0.338 e. The quantitative estimate of drug-likeness (QED) is 0.535. The number of thioether (sulfide) groups is 1. The van der Waals surface area contributed by atoms with E-state index in [1.54, 1.807) is 37.3 Å². The molecule has 30 heavy (non-hydrogen) atoms. The Bertz CT molecular complexity index is 986. The van der Waals surface area contributed by atoms with Gasteiger partial charge < -0.3 is 10.1 Å². The zero-order valence-corrected chi connectivity index (χ0v) is 17.1. The first-order valence-corrected chi connectivity index (χ1v) is 10.2. The summed E-state index contributed by atoms with van der Waals surface area (Å²) < 4.78 is 4.91. The molecule has 3 amide bonds. The number of imide groups is 1. The Morgan fingerprint density at radius 1 is 1.07 bits per heavy atom. The van der Waals surface area contributed by atoms with Gasteiger partial charge in [-0.3, -0.25) is 19.3 Å². The minimum Gasteiger partial charge on any atom is -0.462 e. The molecule has 1 aliphatic heterocycles. The van der Waals surface area contributed by atoms with Crippen molar-refractivity contribution in [2.24, 2.45) is 0 Å². The predicted octanol–water partition coefficient (Wildman–Crippen LogP) is 3.93. The van der Waals surface area contributed by atoms with Crippen LogP contribution in [0.4, 0.5) is 10.5 Å². The van der Waals surface area contributed by atoms with Crippen LogP contribution < -0.4 is 5.32 Å². The van der Waals surface area contributed by atoms with Gasteiger partial charge in [0.15, 0.2) is 0 Å². The van der Waals surface area contributed by atoms with E-state index in [0.717, 1.165) is 22.2 Å². The maximum absolute atomic E-state index is 12.5. The van der Waals surface area contributed by atoms with Crippen molar-refractivity contribution in [1.82, 2.24) is 4.90 Å². The zero-order valence-electron chi connectivity index (χ0n) is 16.3. The summed E-state index contributed by atoms with van der Waals surface area (Å²) in [7, 11) is 0. The average molecular weight is 424 g/mol. The van der Waals surface area contributed by atoms with Crippen molar-refractivity contribution < 1.29 is 23.9 Å². The van der Waals surface area contributed by atoms with Crippen LogP contribution in [0.25, 0.3) is 6.08 Å². The van der Waals surface area contributed by atoms with Crippen molar-refractivity contribution in [3.05, 3.63) is 70.6 Å². The first-order chi connectivity index (χ1) is 14.5. The Labute approximate surface area is 178 Å². The summed E-state index contributed by atoms with van der Waals surface area (Å²) in [5.41, 5.74) is 1.72. The minimum atomic E-state index is -0.432. The lowest BCUT2D eigenvalue weighted by molar-refractivity contribution is -0.123. The molecule has 1 heterocycles. The van der Waals surface area contributed by atoms with Crippen LogP contribution in [0.5, 0.6) is 0 Å². The summed E-state index contributed by atoms with van der Waals surface area (Å²) in [4.78, 5) is 49.9. The number of amides is 3. The lowest BCUT2D eigenvalue weighted by Crippen LogP contribution is -2.31. The third-order valence-corrected chi connectivity index (χ3v) is 5.12. The largest absolute Gasteiger partial charge is 0.462 e. The summed E-state index contributed by atoms with van der Waals surface area (Å²) in [5, 5.41) is 2.29. The standard InChI is InChI=1S/C22H20N2O5S/c1-2-29-21(27)16-8-10-17(11-9-16)23-19(25)12-13-24-20(26)18(30-22(24)28)14-15-6-4-3-5-7-15/h3-11,14H,2,12-13H2,1H3,(H,23,25). The number of ether oxygens (including phenoxy) is 1. The monoisotopic (exact) mass is 424 g/mol. The molecule has 1 aliphatic rings. The number of hydrogen-bond acceptors (Lipinski definition) is 6. The van der Waals surface area contributed by atoms with Gasteiger partial charge in [-0.1, -0.05) is 30.3 Å². The van der Waals surface area contributed by atoms with Crippen LogP contribution in [-0.4, -0.2) is 41.1 Å². The normalized spacial score (nSPS) is 14.8. The van der Waals surface area contributed by atoms with Crippen molar-refractivity contribution in [2.45, 2.75) is 13.3 Å². The van der Waals surface area contributed by atoms with Gasteiger partial charge in [-0.25, -0.2) is 4.79 Å². The molecule has 2 aromatic carbocycles. The van der Waals surface area contributed by atoms with Gasteiger partial charge in [-0.05, 0) is 54.6 Å². The fraction of sp³-hybridized carbons (Fsp3) is 0.182.